The highest BCUT2D eigenvalue weighted by atomic mass is 14.7. The van der Waals surface area contributed by atoms with Crippen LogP contribution >= 0.6 is 0 Å². The molecule has 0 aromatic heterocycles. The maximum Gasteiger partial charge on any atom is 0.0326 e. The van der Waals surface area contributed by atoms with Crippen LogP contribution in [0.2, 0.25) is 0 Å². The van der Waals surface area contributed by atoms with Gasteiger partial charge in [0.25, 0.3) is 0 Å². The zero-order valence-electron chi connectivity index (χ0n) is 9.03. The highest BCUT2D eigenvalue weighted by Crippen LogP contribution is 2.42. The molecule has 2 rings (SSSR count). The molecule has 0 aliphatic heterocycles. The Hall–Kier alpha value is -0.820. The van der Waals surface area contributed by atoms with Crippen LogP contribution in [0.5, 0.6) is 0 Å². The van der Waals surface area contributed by atoms with Crippen LogP contribution in [0.25, 0.3) is 0 Å². The van der Waals surface area contributed by atoms with Gasteiger partial charge in [0.2, 0.25) is 0 Å². The fourth-order valence-electron chi connectivity index (χ4n) is 2.16. The molecule has 0 spiro atoms. The summed E-state index contributed by atoms with van der Waals surface area (Å²) in [7, 11) is 0. The monoisotopic (exact) mass is 189 g/mol. The molecule has 1 heteroatoms. The van der Waals surface area contributed by atoms with Crippen molar-refractivity contribution < 1.29 is 0 Å². The lowest BCUT2D eigenvalue weighted by molar-refractivity contribution is 0.416. The van der Waals surface area contributed by atoms with Gasteiger partial charge in [0.05, 0.1) is 0 Å². The van der Waals surface area contributed by atoms with Crippen LogP contribution in [0.15, 0.2) is 24.3 Å². The quantitative estimate of drug-likeness (QED) is 0.777. The van der Waals surface area contributed by atoms with Crippen molar-refractivity contribution in [3.05, 3.63) is 35.4 Å². The zero-order valence-corrected chi connectivity index (χ0v) is 9.03. The summed E-state index contributed by atoms with van der Waals surface area (Å²) in [6, 6.07) is 8.70. The van der Waals surface area contributed by atoms with Crippen molar-refractivity contribution in [3.63, 3.8) is 0 Å². The number of hydrogen-bond donors (Lipinski definition) is 1. The first-order valence-corrected chi connectivity index (χ1v) is 5.51. The molecule has 0 radical (unpaired) electrons. The van der Waals surface area contributed by atoms with Gasteiger partial charge in [-0.05, 0) is 42.7 Å². The first-order valence-electron chi connectivity index (χ1n) is 5.51. The first kappa shape index (κ1) is 9.72. The van der Waals surface area contributed by atoms with E-state index in [4.69, 9.17) is 5.73 Å². The highest BCUT2D eigenvalue weighted by Gasteiger charge is 2.32. The number of hydrogen-bond acceptors (Lipinski definition) is 1. The summed E-state index contributed by atoms with van der Waals surface area (Å²) >= 11 is 0. The van der Waals surface area contributed by atoms with Gasteiger partial charge in [-0.2, -0.15) is 0 Å². The summed E-state index contributed by atoms with van der Waals surface area (Å²) in [5.74, 6) is 1.51. The molecule has 14 heavy (non-hydrogen) atoms. The molecule has 1 aliphatic rings. The third-order valence-corrected chi connectivity index (χ3v) is 3.48. The molecule has 0 amide bonds. The highest BCUT2D eigenvalue weighted by molar-refractivity contribution is 5.29. The Morgan fingerprint density at radius 1 is 1.29 bits per heavy atom. The molecular weight excluding hydrogens is 170 g/mol. The molecule has 0 saturated heterocycles. The average molecular weight is 189 g/mol. The average Bonchev–Trinajstić information content (AvgIpc) is 3.00. The lowest BCUT2D eigenvalue weighted by Crippen LogP contribution is -2.21. The van der Waals surface area contributed by atoms with Crippen molar-refractivity contribution >= 4 is 0 Å². The second kappa shape index (κ2) is 3.74. The molecule has 1 fully saturated rings. The van der Waals surface area contributed by atoms with E-state index in [0.29, 0.717) is 5.92 Å². The van der Waals surface area contributed by atoms with Crippen LogP contribution in [0.4, 0.5) is 0 Å². The molecule has 0 bridgehead atoms. The minimum absolute atomic E-state index is 0.226. The van der Waals surface area contributed by atoms with E-state index in [-0.39, 0.29) is 6.04 Å². The van der Waals surface area contributed by atoms with Gasteiger partial charge in [-0.25, -0.2) is 0 Å². The standard InChI is InChI=1S/C13H19N/c1-9-5-3-4-6-12(9)13(14)10(2)11-7-8-11/h3-6,10-11,13H,7-8,14H2,1-2H3. The maximum atomic E-state index is 6.28. The van der Waals surface area contributed by atoms with Crippen molar-refractivity contribution in [3.8, 4) is 0 Å². The van der Waals surface area contributed by atoms with E-state index in [9.17, 15) is 0 Å². The van der Waals surface area contributed by atoms with Crippen LogP contribution in [0, 0.1) is 18.8 Å². The topological polar surface area (TPSA) is 26.0 Å². The Bertz CT molecular complexity index is 315. The van der Waals surface area contributed by atoms with Gasteiger partial charge in [0.1, 0.15) is 0 Å². The third kappa shape index (κ3) is 1.83. The summed E-state index contributed by atoms with van der Waals surface area (Å²) in [5, 5.41) is 0. The Kier molecular flexibility index (Phi) is 2.60. The van der Waals surface area contributed by atoms with Crippen LogP contribution < -0.4 is 5.73 Å². The van der Waals surface area contributed by atoms with Crippen molar-refractivity contribution in [1.29, 1.82) is 0 Å². The van der Waals surface area contributed by atoms with Gasteiger partial charge in [-0.15, -0.1) is 0 Å². The first-order chi connectivity index (χ1) is 6.70. The second-order valence-corrected chi connectivity index (χ2v) is 4.58. The minimum Gasteiger partial charge on any atom is -0.324 e. The maximum absolute atomic E-state index is 6.28. The van der Waals surface area contributed by atoms with E-state index in [1.54, 1.807) is 0 Å². The predicted octanol–water partition coefficient (Wildman–Crippen LogP) is 3.04. The fraction of sp³-hybridized carbons (Fsp3) is 0.538. The van der Waals surface area contributed by atoms with Crippen LogP contribution in [-0.4, -0.2) is 0 Å². The lowest BCUT2D eigenvalue weighted by Gasteiger charge is -2.21. The normalized spacial score (nSPS) is 20.5. The molecule has 1 aliphatic carbocycles. The summed E-state index contributed by atoms with van der Waals surface area (Å²) in [5.41, 5.74) is 8.93. The Balaban J connectivity index is 2.17. The molecular formula is C13H19N. The van der Waals surface area contributed by atoms with E-state index in [2.05, 4.69) is 38.1 Å². The second-order valence-electron chi connectivity index (χ2n) is 4.58. The summed E-state index contributed by atoms with van der Waals surface area (Å²) < 4.78 is 0. The Morgan fingerprint density at radius 2 is 1.93 bits per heavy atom. The Morgan fingerprint density at radius 3 is 2.50 bits per heavy atom. The van der Waals surface area contributed by atoms with Crippen molar-refractivity contribution in [2.45, 2.75) is 32.7 Å². The predicted molar refractivity (Wildman–Crippen MR) is 60.0 cm³/mol. The van der Waals surface area contributed by atoms with Gasteiger partial charge in [0, 0.05) is 6.04 Å². The summed E-state index contributed by atoms with van der Waals surface area (Å²) in [4.78, 5) is 0. The van der Waals surface area contributed by atoms with Crippen molar-refractivity contribution in [2.24, 2.45) is 17.6 Å². The van der Waals surface area contributed by atoms with E-state index >= 15 is 0 Å². The largest absolute Gasteiger partial charge is 0.324 e. The van der Waals surface area contributed by atoms with Gasteiger partial charge in [-0.1, -0.05) is 31.2 Å². The van der Waals surface area contributed by atoms with E-state index in [1.807, 2.05) is 0 Å². The van der Waals surface area contributed by atoms with Crippen molar-refractivity contribution in [2.75, 3.05) is 0 Å². The Labute approximate surface area is 86.3 Å². The van der Waals surface area contributed by atoms with Crippen LogP contribution in [0.1, 0.15) is 36.9 Å². The smallest absolute Gasteiger partial charge is 0.0326 e. The molecule has 1 aromatic rings. The molecule has 1 nitrogen and oxygen atoms in total. The minimum atomic E-state index is 0.226. The van der Waals surface area contributed by atoms with Crippen molar-refractivity contribution in [1.82, 2.24) is 0 Å². The third-order valence-electron chi connectivity index (χ3n) is 3.48. The van der Waals surface area contributed by atoms with Gasteiger partial charge >= 0.3 is 0 Å². The summed E-state index contributed by atoms with van der Waals surface area (Å²) in [6.45, 7) is 4.43. The molecule has 2 N–H and O–H groups in total. The number of benzene rings is 1. The van der Waals surface area contributed by atoms with Gasteiger partial charge in [0.15, 0.2) is 0 Å². The fourth-order valence-corrected chi connectivity index (χ4v) is 2.16. The number of nitrogens with two attached hydrogens (primary N) is 1. The molecule has 2 unspecified atom stereocenters. The number of rotatable bonds is 3. The van der Waals surface area contributed by atoms with Gasteiger partial charge < -0.3 is 5.73 Å². The summed E-state index contributed by atoms with van der Waals surface area (Å²) in [6.07, 6.45) is 2.75. The molecule has 1 saturated carbocycles. The van der Waals surface area contributed by atoms with Crippen LogP contribution in [-0.2, 0) is 0 Å². The molecule has 76 valence electrons. The zero-order chi connectivity index (χ0) is 10.1. The lowest BCUT2D eigenvalue weighted by atomic mass is 9.89. The molecule has 1 aromatic carbocycles. The van der Waals surface area contributed by atoms with E-state index < -0.39 is 0 Å². The number of aryl methyl sites for hydroxylation is 1. The molecule has 2 atom stereocenters. The van der Waals surface area contributed by atoms with Gasteiger partial charge in [-0.3, -0.25) is 0 Å². The SMILES string of the molecule is Cc1ccccc1C(N)C(C)C1CC1. The molecule has 0 heterocycles. The van der Waals surface area contributed by atoms with E-state index in [0.717, 1.165) is 5.92 Å². The van der Waals surface area contributed by atoms with Crippen LogP contribution in [0.3, 0.4) is 0 Å². The van der Waals surface area contributed by atoms with E-state index in [1.165, 1.54) is 24.0 Å².